The first kappa shape index (κ1) is 18.9. The molecule has 0 aliphatic heterocycles. The number of imidazole rings is 1. The summed E-state index contributed by atoms with van der Waals surface area (Å²) in [6.45, 7) is 6.06. The van der Waals surface area contributed by atoms with Crippen molar-refractivity contribution in [1.29, 1.82) is 0 Å². The number of carbonyl (C=O) groups is 1. The first-order valence-electron chi connectivity index (χ1n) is 9.54. The van der Waals surface area contributed by atoms with Crippen LogP contribution in [0.25, 0.3) is 33.5 Å². The van der Waals surface area contributed by atoms with Gasteiger partial charge in [0, 0.05) is 24.9 Å². The van der Waals surface area contributed by atoms with E-state index in [1.807, 2.05) is 63.7 Å². The van der Waals surface area contributed by atoms with Crippen LogP contribution in [0.1, 0.15) is 26.5 Å². The van der Waals surface area contributed by atoms with Crippen molar-refractivity contribution in [3.8, 4) is 11.4 Å². The molecule has 0 saturated heterocycles. The van der Waals surface area contributed by atoms with Crippen molar-refractivity contribution in [2.75, 3.05) is 12.4 Å². The lowest BCUT2D eigenvalue weighted by Gasteiger charge is -2.17. The van der Waals surface area contributed by atoms with Gasteiger partial charge in [0.05, 0.1) is 35.5 Å². The molecule has 8 nitrogen and oxygen atoms in total. The van der Waals surface area contributed by atoms with Gasteiger partial charge in [-0.15, -0.1) is 0 Å². The summed E-state index contributed by atoms with van der Waals surface area (Å²) in [6.07, 6.45) is 1.79. The van der Waals surface area contributed by atoms with Gasteiger partial charge in [-0.25, -0.2) is 15.0 Å². The standard InChI is InChI=1S/C21H25N7O/c1-21(2,3)20(29)23-10-12-7-6-8-14(25-12)15-9-13-17-16(24-11-28(17)5)19(22-4)27-18(13)26-15/h6-9,11H,10H2,1-5H3,(H,23,29)(H2,22,26,27). The fraction of sp³-hybridized carbons (Fsp3) is 0.333. The van der Waals surface area contributed by atoms with Gasteiger partial charge in [0.15, 0.2) is 5.82 Å². The first-order chi connectivity index (χ1) is 13.8. The van der Waals surface area contributed by atoms with E-state index in [1.54, 1.807) is 6.33 Å². The number of hydrogen-bond donors (Lipinski definition) is 3. The third-order valence-electron chi connectivity index (χ3n) is 4.87. The van der Waals surface area contributed by atoms with Crippen molar-refractivity contribution in [2.24, 2.45) is 12.5 Å². The SMILES string of the molecule is CNc1nc2[nH]c(-c3cccc(CNC(=O)C(C)(C)C)n3)cc2c2c1ncn2C. The molecule has 0 bridgehead atoms. The van der Waals surface area contributed by atoms with Gasteiger partial charge in [-0.2, -0.15) is 0 Å². The normalized spacial score (nSPS) is 11.9. The molecule has 0 radical (unpaired) electrons. The van der Waals surface area contributed by atoms with Crippen LogP contribution in [0.3, 0.4) is 0 Å². The summed E-state index contributed by atoms with van der Waals surface area (Å²) in [5.74, 6) is 0.728. The lowest BCUT2D eigenvalue weighted by Crippen LogP contribution is -2.34. The largest absolute Gasteiger partial charge is 0.371 e. The average molecular weight is 391 g/mol. The molecule has 4 rings (SSSR count). The number of anilines is 1. The Morgan fingerprint density at radius 2 is 2.03 bits per heavy atom. The minimum Gasteiger partial charge on any atom is -0.371 e. The third-order valence-corrected chi connectivity index (χ3v) is 4.87. The summed E-state index contributed by atoms with van der Waals surface area (Å²) in [5, 5.41) is 7.04. The Kier molecular flexibility index (Phi) is 4.49. The molecule has 0 saturated carbocycles. The highest BCUT2D eigenvalue weighted by molar-refractivity contribution is 6.07. The highest BCUT2D eigenvalue weighted by atomic mass is 16.2. The van der Waals surface area contributed by atoms with Crippen LogP contribution in [0.2, 0.25) is 0 Å². The lowest BCUT2D eigenvalue weighted by atomic mass is 9.96. The molecule has 1 amide bonds. The number of aryl methyl sites for hydroxylation is 1. The van der Waals surface area contributed by atoms with Gasteiger partial charge >= 0.3 is 0 Å². The van der Waals surface area contributed by atoms with Gasteiger partial charge in [0.2, 0.25) is 5.91 Å². The Hall–Kier alpha value is -3.42. The molecule has 0 aliphatic rings. The van der Waals surface area contributed by atoms with Crippen LogP contribution in [-0.4, -0.2) is 37.5 Å². The van der Waals surface area contributed by atoms with Crippen LogP contribution in [0, 0.1) is 5.41 Å². The zero-order valence-electron chi connectivity index (χ0n) is 17.3. The number of fused-ring (bicyclic) bond motifs is 3. The summed E-state index contributed by atoms with van der Waals surface area (Å²) in [5.41, 5.74) is 4.65. The van der Waals surface area contributed by atoms with Gasteiger partial charge in [0.1, 0.15) is 11.2 Å². The zero-order chi connectivity index (χ0) is 20.8. The van der Waals surface area contributed by atoms with E-state index in [1.165, 1.54) is 0 Å². The van der Waals surface area contributed by atoms with Crippen molar-refractivity contribution in [1.82, 2.24) is 29.8 Å². The molecule has 4 aromatic rings. The summed E-state index contributed by atoms with van der Waals surface area (Å²) >= 11 is 0. The molecule has 3 N–H and O–H groups in total. The van der Waals surface area contributed by atoms with E-state index in [-0.39, 0.29) is 5.91 Å². The maximum atomic E-state index is 12.1. The van der Waals surface area contributed by atoms with Gasteiger partial charge in [0.25, 0.3) is 0 Å². The molecule has 0 aromatic carbocycles. The van der Waals surface area contributed by atoms with Crippen LogP contribution in [0.5, 0.6) is 0 Å². The zero-order valence-corrected chi connectivity index (χ0v) is 17.3. The molecule has 0 aliphatic carbocycles. The molecule has 29 heavy (non-hydrogen) atoms. The molecule has 0 atom stereocenters. The Morgan fingerprint density at radius 1 is 1.24 bits per heavy atom. The number of hydrogen-bond acceptors (Lipinski definition) is 5. The molecule has 0 fully saturated rings. The van der Waals surface area contributed by atoms with E-state index < -0.39 is 5.41 Å². The lowest BCUT2D eigenvalue weighted by molar-refractivity contribution is -0.128. The smallest absolute Gasteiger partial charge is 0.225 e. The van der Waals surface area contributed by atoms with Crippen LogP contribution in [-0.2, 0) is 18.4 Å². The molecular formula is C21H25N7O. The molecule has 0 unspecified atom stereocenters. The number of H-pyrrole nitrogens is 1. The van der Waals surface area contributed by atoms with E-state index in [9.17, 15) is 4.79 Å². The molecule has 150 valence electrons. The van der Waals surface area contributed by atoms with E-state index in [0.717, 1.165) is 45.0 Å². The van der Waals surface area contributed by atoms with E-state index in [2.05, 4.69) is 25.6 Å². The molecular weight excluding hydrogens is 366 g/mol. The van der Waals surface area contributed by atoms with E-state index in [0.29, 0.717) is 6.54 Å². The number of nitrogens with one attached hydrogen (secondary N) is 3. The fourth-order valence-electron chi connectivity index (χ4n) is 3.27. The second-order valence-electron chi connectivity index (χ2n) is 8.16. The van der Waals surface area contributed by atoms with Crippen molar-refractivity contribution in [3.05, 3.63) is 36.3 Å². The Balaban J connectivity index is 1.71. The fourth-order valence-corrected chi connectivity index (χ4v) is 3.27. The van der Waals surface area contributed by atoms with Crippen LogP contribution < -0.4 is 10.6 Å². The van der Waals surface area contributed by atoms with E-state index >= 15 is 0 Å². The molecule has 4 heterocycles. The number of nitrogens with zero attached hydrogens (tertiary/aromatic N) is 4. The summed E-state index contributed by atoms with van der Waals surface area (Å²) in [6, 6.07) is 7.84. The van der Waals surface area contributed by atoms with Crippen molar-refractivity contribution in [2.45, 2.75) is 27.3 Å². The van der Waals surface area contributed by atoms with Gasteiger partial charge < -0.3 is 20.2 Å². The minimum absolute atomic E-state index is 0.00212. The summed E-state index contributed by atoms with van der Waals surface area (Å²) < 4.78 is 1.99. The Bertz CT molecular complexity index is 1210. The topological polar surface area (TPSA) is 101 Å². The molecule has 0 spiro atoms. The van der Waals surface area contributed by atoms with Crippen molar-refractivity contribution >= 4 is 33.8 Å². The van der Waals surface area contributed by atoms with Crippen LogP contribution in [0.15, 0.2) is 30.6 Å². The summed E-state index contributed by atoms with van der Waals surface area (Å²) in [7, 11) is 3.81. The predicted octanol–water partition coefficient (Wildman–Crippen LogP) is 3.22. The number of aromatic nitrogens is 5. The highest BCUT2D eigenvalue weighted by Gasteiger charge is 2.21. The van der Waals surface area contributed by atoms with Gasteiger partial charge in [-0.3, -0.25) is 4.79 Å². The van der Waals surface area contributed by atoms with Gasteiger partial charge in [-0.05, 0) is 18.2 Å². The quantitative estimate of drug-likeness (QED) is 0.496. The van der Waals surface area contributed by atoms with Crippen LogP contribution in [0.4, 0.5) is 5.82 Å². The second-order valence-corrected chi connectivity index (χ2v) is 8.16. The predicted molar refractivity (Wildman–Crippen MR) is 114 cm³/mol. The Labute approximate surface area is 168 Å². The van der Waals surface area contributed by atoms with Gasteiger partial charge in [-0.1, -0.05) is 26.8 Å². The monoisotopic (exact) mass is 391 g/mol. The highest BCUT2D eigenvalue weighted by Crippen LogP contribution is 2.31. The minimum atomic E-state index is -0.431. The second kappa shape index (κ2) is 6.88. The van der Waals surface area contributed by atoms with E-state index in [4.69, 9.17) is 4.98 Å². The number of aromatic amines is 1. The Morgan fingerprint density at radius 3 is 2.76 bits per heavy atom. The first-order valence-corrected chi connectivity index (χ1v) is 9.54. The van der Waals surface area contributed by atoms with Crippen LogP contribution >= 0.6 is 0 Å². The third kappa shape index (κ3) is 3.41. The molecule has 4 aromatic heterocycles. The number of amides is 1. The molecule has 8 heteroatoms. The number of pyridine rings is 2. The maximum absolute atomic E-state index is 12.1. The number of carbonyl (C=O) groups excluding carboxylic acids is 1. The summed E-state index contributed by atoms with van der Waals surface area (Å²) in [4.78, 5) is 29.3. The van der Waals surface area contributed by atoms with Crippen molar-refractivity contribution < 1.29 is 4.79 Å². The average Bonchev–Trinajstić information content (AvgIpc) is 3.28. The van der Waals surface area contributed by atoms with Crippen molar-refractivity contribution in [3.63, 3.8) is 0 Å². The number of rotatable bonds is 4. The maximum Gasteiger partial charge on any atom is 0.225 e.